The zero-order valence-corrected chi connectivity index (χ0v) is 10.3. The average molecular weight is 239 g/mol. The zero-order chi connectivity index (χ0) is 12.5. The Morgan fingerprint density at radius 1 is 1.35 bits per heavy atom. The lowest BCUT2D eigenvalue weighted by atomic mass is 9.91. The molecule has 0 spiro atoms. The summed E-state index contributed by atoms with van der Waals surface area (Å²) < 4.78 is 23.9. The van der Waals surface area contributed by atoms with Crippen molar-refractivity contribution < 1.29 is 13.9 Å². The second-order valence-corrected chi connectivity index (χ2v) is 4.56. The highest BCUT2D eigenvalue weighted by Crippen LogP contribution is 2.49. The number of hydrogen-bond donors (Lipinski definition) is 1. The first kappa shape index (κ1) is 12.3. The van der Waals surface area contributed by atoms with Crippen LogP contribution in [-0.4, -0.2) is 20.8 Å². The molecule has 1 aliphatic rings. The minimum absolute atomic E-state index is 0.0407. The van der Waals surface area contributed by atoms with Gasteiger partial charge in [-0.25, -0.2) is 4.39 Å². The zero-order valence-electron chi connectivity index (χ0n) is 10.3. The molecule has 17 heavy (non-hydrogen) atoms. The Labute approximate surface area is 101 Å². The van der Waals surface area contributed by atoms with E-state index in [1.54, 1.807) is 19.2 Å². The first-order valence-electron chi connectivity index (χ1n) is 5.73. The molecular formula is C13H18FNO2. The van der Waals surface area contributed by atoms with Gasteiger partial charge in [0.25, 0.3) is 0 Å². The third-order valence-corrected chi connectivity index (χ3v) is 3.49. The Morgan fingerprint density at radius 2 is 2.06 bits per heavy atom. The Bertz CT molecular complexity index is 416. The molecular weight excluding hydrogens is 221 g/mol. The van der Waals surface area contributed by atoms with Crippen LogP contribution in [0.2, 0.25) is 0 Å². The van der Waals surface area contributed by atoms with Crippen molar-refractivity contribution >= 4 is 0 Å². The summed E-state index contributed by atoms with van der Waals surface area (Å²) in [7, 11) is 3.09. The molecule has 0 bridgehead atoms. The van der Waals surface area contributed by atoms with Crippen LogP contribution < -0.4 is 10.5 Å². The van der Waals surface area contributed by atoms with E-state index in [9.17, 15) is 4.39 Å². The van der Waals surface area contributed by atoms with E-state index < -0.39 is 0 Å². The second-order valence-electron chi connectivity index (χ2n) is 4.56. The Balaban J connectivity index is 2.46. The monoisotopic (exact) mass is 239 g/mol. The Hall–Kier alpha value is -1.13. The molecule has 0 amide bonds. The standard InChI is InChI=1S/C13H18FNO2/c1-16-7-9-5-12(17-2)11(14)6-10(9)13(8-15)3-4-13/h5-6H,3-4,7-8,15H2,1-2H3. The average Bonchev–Trinajstić information content (AvgIpc) is 3.12. The molecule has 1 aromatic carbocycles. The molecule has 0 unspecified atom stereocenters. The summed E-state index contributed by atoms with van der Waals surface area (Å²) in [6, 6.07) is 3.26. The normalized spacial score (nSPS) is 16.9. The van der Waals surface area contributed by atoms with Gasteiger partial charge in [0.2, 0.25) is 0 Å². The molecule has 0 saturated heterocycles. The van der Waals surface area contributed by atoms with Gasteiger partial charge in [-0.15, -0.1) is 0 Å². The van der Waals surface area contributed by atoms with Crippen molar-refractivity contribution in [3.8, 4) is 5.75 Å². The summed E-state index contributed by atoms with van der Waals surface area (Å²) in [5.74, 6) is -0.0734. The van der Waals surface area contributed by atoms with Crippen molar-refractivity contribution in [3.63, 3.8) is 0 Å². The number of ether oxygens (including phenoxy) is 2. The number of benzene rings is 1. The van der Waals surface area contributed by atoms with Gasteiger partial charge in [-0.3, -0.25) is 0 Å². The fourth-order valence-corrected chi connectivity index (χ4v) is 2.25. The lowest BCUT2D eigenvalue weighted by Crippen LogP contribution is -2.22. The van der Waals surface area contributed by atoms with Gasteiger partial charge in [-0.05, 0) is 36.1 Å². The SMILES string of the molecule is COCc1cc(OC)c(F)cc1C1(CN)CC1. The van der Waals surface area contributed by atoms with E-state index in [1.165, 1.54) is 7.11 Å². The maximum atomic E-state index is 13.8. The molecule has 0 atom stereocenters. The predicted molar refractivity (Wildman–Crippen MR) is 63.6 cm³/mol. The van der Waals surface area contributed by atoms with Crippen molar-refractivity contribution in [2.45, 2.75) is 24.9 Å². The number of nitrogens with two attached hydrogens (primary N) is 1. The van der Waals surface area contributed by atoms with Gasteiger partial charge in [0, 0.05) is 19.1 Å². The van der Waals surface area contributed by atoms with Gasteiger partial charge >= 0.3 is 0 Å². The van der Waals surface area contributed by atoms with Gasteiger partial charge < -0.3 is 15.2 Å². The summed E-state index contributed by atoms with van der Waals surface area (Å²) in [5.41, 5.74) is 7.69. The van der Waals surface area contributed by atoms with Crippen LogP contribution in [0.1, 0.15) is 24.0 Å². The van der Waals surface area contributed by atoms with Gasteiger partial charge in [-0.2, -0.15) is 0 Å². The first-order chi connectivity index (χ1) is 8.16. The lowest BCUT2D eigenvalue weighted by Gasteiger charge is -2.19. The third kappa shape index (κ3) is 2.15. The summed E-state index contributed by atoms with van der Waals surface area (Å²) in [4.78, 5) is 0. The molecule has 0 radical (unpaired) electrons. The van der Waals surface area contributed by atoms with Crippen LogP contribution in [0.5, 0.6) is 5.75 Å². The van der Waals surface area contributed by atoms with Crippen LogP contribution in [0, 0.1) is 5.82 Å². The highest BCUT2D eigenvalue weighted by Gasteiger charge is 2.44. The fourth-order valence-electron chi connectivity index (χ4n) is 2.25. The van der Waals surface area contributed by atoms with E-state index in [-0.39, 0.29) is 17.0 Å². The highest BCUT2D eigenvalue weighted by molar-refractivity contribution is 5.44. The molecule has 1 fully saturated rings. The smallest absolute Gasteiger partial charge is 0.165 e. The fraction of sp³-hybridized carbons (Fsp3) is 0.538. The molecule has 1 aliphatic carbocycles. The Morgan fingerprint density at radius 3 is 2.53 bits per heavy atom. The van der Waals surface area contributed by atoms with Crippen molar-refractivity contribution in [2.75, 3.05) is 20.8 Å². The van der Waals surface area contributed by atoms with Crippen molar-refractivity contribution in [2.24, 2.45) is 5.73 Å². The van der Waals surface area contributed by atoms with Crippen LogP contribution in [0.3, 0.4) is 0 Å². The molecule has 0 aliphatic heterocycles. The van der Waals surface area contributed by atoms with Crippen molar-refractivity contribution in [3.05, 3.63) is 29.1 Å². The molecule has 1 aromatic rings. The predicted octanol–water partition coefficient (Wildman–Crippen LogP) is 1.97. The van der Waals surface area contributed by atoms with Crippen LogP contribution >= 0.6 is 0 Å². The lowest BCUT2D eigenvalue weighted by molar-refractivity contribution is 0.183. The maximum absolute atomic E-state index is 13.8. The van der Waals surface area contributed by atoms with Gasteiger partial charge in [-0.1, -0.05) is 0 Å². The largest absolute Gasteiger partial charge is 0.494 e. The van der Waals surface area contributed by atoms with Gasteiger partial charge in [0.1, 0.15) is 0 Å². The topological polar surface area (TPSA) is 44.5 Å². The number of methoxy groups -OCH3 is 2. The van der Waals surface area contributed by atoms with Crippen LogP contribution in [0.25, 0.3) is 0 Å². The summed E-state index contributed by atoms with van der Waals surface area (Å²) in [6.45, 7) is 1.00. The quantitative estimate of drug-likeness (QED) is 0.854. The summed E-state index contributed by atoms with van der Waals surface area (Å²) >= 11 is 0. The van der Waals surface area contributed by atoms with E-state index >= 15 is 0 Å². The molecule has 4 heteroatoms. The molecule has 94 valence electrons. The van der Waals surface area contributed by atoms with Crippen LogP contribution in [0.15, 0.2) is 12.1 Å². The molecule has 1 saturated carbocycles. The van der Waals surface area contributed by atoms with E-state index in [2.05, 4.69) is 0 Å². The van der Waals surface area contributed by atoms with E-state index in [1.807, 2.05) is 0 Å². The third-order valence-electron chi connectivity index (χ3n) is 3.49. The first-order valence-corrected chi connectivity index (χ1v) is 5.73. The highest BCUT2D eigenvalue weighted by atomic mass is 19.1. The molecule has 2 N–H and O–H groups in total. The number of halogens is 1. The number of rotatable bonds is 5. The van der Waals surface area contributed by atoms with Crippen molar-refractivity contribution in [1.82, 2.24) is 0 Å². The van der Waals surface area contributed by atoms with Gasteiger partial charge in [0.05, 0.1) is 13.7 Å². The van der Waals surface area contributed by atoms with E-state index in [0.717, 1.165) is 24.0 Å². The van der Waals surface area contributed by atoms with Gasteiger partial charge in [0.15, 0.2) is 11.6 Å². The molecule has 3 nitrogen and oxygen atoms in total. The molecule has 0 aromatic heterocycles. The van der Waals surface area contributed by atoms with Crippen LogP contribution in [-0.2, 0) is 16.8 Å². The Kier molecular flexibility index (Phi) is 3.35. The summed E-state index contributed by atoms with van der Waals surface area (Å²) in [6.07, 6.45) is 2.04. The van der Waals surface area contributed by atoms with Crippen molar-refractivity contribution in [1.29, 1.82) is 0 Å². The summed E-state index contributed by atoms with van der Waals surface area (Å²) in [5, 5.41) is 0. The minimum Gasteiger partial charge on any atom is -0.494 e. The van der Waals surface area contributed by atoms with E-state index in [0.29, 0.717) is 13.2 Å². The number of hydrogen-bond acceptors (Lipinski definition) is 3. The second kappa shape index (κ2) is 4.63. The van der Waals surface area contributed by atoms with Crippen LogP contribution in [0.4, 0.5) is 4.39 Å². The van der Waals surface area contributed by atoms with E-state index in [4.69, 9.17) is 15.2 Å². The maximum Gasteiger partial charge on any atom is 0.165 e. The molecule has 2 rings (SSSR count). The molecule has 0 heterocycles. The minimum atomic E-state index is -0.331.